The second kappa shape index (κ2) is 7.17. The SMILES string of the molecule is CO/C(N)=C(/C=C(\N)C1CC1)CN/C=C(\C=N)[N+](=O)[O-]. The Morgan fingerprint density at radius 3 is 2.65 bits per heavy atom. The maximum absolute atomic E-state index is 10.5. The Labute approximate surface area is 116 Å². The summed E-state index contributed by atoms with van der Waals surface area (Å²) in [5, 5.41) is 20.2. The van der Waals surface area contributed by atoms with Crippen molar-refractivity contribution in [3.8, 4) is 0 Å². The molecule has 1 aliphatic rings. The van der Waals surface area contributed by atoms with Gasteiger partial charge in [-0.3, -0.25) is 10.1 Å². The van der Waals surface area contributed by atoms with Gasteiger partial charge in [0.25, 0.3) is 0 Å². The highest BCUT2D eigenvalue weighted by atomic mass is 16.6. The lowest BCUT2D eigenvalue weighted by atomic mass is 10.2. The lowest BCUT2D eigenvalue weighted by Crippen LogP contribution is -2.18. The van der Waals surface area contributed by atoms with Gasteiger partial charge in [0.15, 0.2) is 5.88 Å². The van der Waals surface area contributed by atoms with Crippen molar-refractivity contribution in [3.05, 3.63) is 45.2 Å². The van der Waals surface area contributed by atoms with Crippen LogP contribution in [0.2, 0.25) is 0 Å². The van der Waals surface area contributed by atoms with Crippen LogP contribution in [-0.2, 0) is 4.74 Å². The molecule has 0 bridgehead atoms. The lowest BCUT2D eigenvalue weighted by molar-refractivity contribution is -0.414. The number of ether oxygens (including phenoxy) is 1. The number of allylic oxidation sites excluding steroid dienone is 2. The van der Waals surface area contributed by atoms with Crippen molar-refractivity contribution in [2.45, 2.75) is 12.8 Å². The molecule has 8 nitrogen and oxygen atoms in total. The number of hydrogen-bond donors (Lipinski definition) is 4. The lowest BCUT2D eigenvalue weighted by Gasteiger charge is -2.08. The van der Waals surface area contributed by atoms with E-state index in [2.05, 4.69) is 5.32 Å². The van der Waals surface area contributed by atoms with Gasteiger partial charge in [0, 0.05) is 17.8 Å². The summed E-state index contributed by atoms with van der Waals surface area (Å²) in [6.07, 6.45) is 5.65. The van der Waals surface area contributed by atoms with Gasteiger partial charge in [-0.2, -0.15) is 0 Å². The van der Waals surface area contributed by atoms with Crippen LogP contribution in [0.25, 0.3) is 0 Å². The van der Waals surface area contributed by atoms with E-state index in [4.69, 9.17) is 21.6 Å². The smallest absolute Gasteiger partial charge is 0.302 e. The molecule has 0 aromatic carbocycles. The van der Waals surface area contributed by atoms with Crippen LogP contribution in [0.1, 0.15) is 12.8 Å². The zero-order valence-electron chi connectivity index (χ0n) is 11.3. The predicted molar refractivity (Wildman–Crippen MR) is 75.1 cm³/mol. The van der Waals surface area contributed by atoms with E-state index in [1.165, 1.54) is 7.11 Å². The van der Waals surface area contributed by atoms with Crippen LogP contribution in [-0.4, -0.2) is 24.8 Å². The summed E-state index contributed by atoms with van der Waals surface area (Å²) in [6.45, 7) is 0.221. The van der Waals surface area contributed by atoms with Gasteiger partial charge in [0.2, 0.25) is 0 Å². The first-order valence-corrected chi connectivity index (χ1v) is 6.07. The molecule has 0 amide bonds. The molecule has 20 heavy (non-hydrogen) atoms. The van der Waals surface area contributed by atoms with Crippen molar-refractivity contribution in [1.29, 1.82) is 5.41 Å². The van der Waals surface area contributed by atoms with E-state index in [1.807, 2.05) is 0 Å². The van der Waals surface area contributed by atoms with E-state index in [9.17, 15) is 10.1 Å². The van der Waals surface area contributed by atoms with Gasteiger partial charge < -0.3 is 26.9 Å². The molecular formula is C12H19N5O3. The Balaban J connectivity index is 2.74. The zero-order chi connectivity index (χ0) is 15.1. The minimum atomic E-state index is -0.655. The average Bonchev–Trinajstić information content (AvgIpc) is 3.25. The van der Waals surface area contributed by atoms with Crippen LogP contribution >= 0.6 is 0 Å². The van der Waals surface area contributed by atoms with E-state index in [0.29, 0.717) is 17.7 Å². The third-order valence-electron chi connectivity index (χ3n) is 2.83. The summed E-state index contributed by atoms with van der Waals surface area (Å²) in [5.41, 5.74) is 12.6. The minimum absolute atomic E-state index is 0.201. The number of nitro groups is 1. The van der Waals surface area contributed by atoms with Crippen molar-refractivity contribution in [3.63, 3.8) is 0 Å². The van der Waals surface area contributed by atoms with Crippen molar-refractivity contribution in [2.75, 3.05) is 13.7 Å². The van der Waals surface area contributed by atoms with E-state index < -0.39 is 4.92 Å². The molecule has 1 fully saturated rings. The Hall–Kier alpha value is -2.51. The van der Waals surface area contributed by atoms with Crippen molar-refractivity contribution in [2.24, 2.45) is 17.4 Å². The van der Waals surface area contributed by atoms with Gasteiger partial charge >= 0.3 is 5.70 Å². The zero-order valence-corrected chi connectivity index (χ0v) is 11.3. The van der Waals surface area contributed by atoms with Gasteiger partial charge in [-0.25, -0.2) is 0 Å². The first-order valence-electron chi connectivity index (χ1n) is 6.07. The van der Waals surface area contributed by atoms with E-state index >= 15 is 0 Å². The summed E-state index contributed by atoms with van der Waals surface area (Å²) in [5.74, 6) is 0.591. The quantitative estimate of drug-likeness (QED) is 0.167. The summed E-state index contributed by atoms with van der Waals surface area (Å²) in [7, 11) is 1.44. The Morgan fingerprint density at radius 1 is 1.55 bits per heavy atom. The van der Waals surface area contributed by atoms with Crippen LogP contribution in [0.3, 0.4) is 0 Å². The molecule has 0 saturated heterocycles. The number of rotatable bonds is 8. The Bertz CT molecular complexity index is 477. The number of methoxy groups -OCH3 is 1. The molecule has 0 aromatic rings. The largest absolute Gasteiger partial charge is 0.482 e. The van der Waals surface area contributed by atoms with Crippen LogP contribution in [0, 0.1) is 21.4 Å². The van der Waals surface area contributed by atoms with Gasteiger partial charge in [-0.1, -0.05) is 0 Å². The second-order valence-electron chi connectivity index (χ2n) is 4.36. The fraction of sp³-hybridized carbons (Fsp3) is 0.417. The monoisotopic (exact) mass is 281 g/mol. The molecule has 0 aliphatic heterocycles. The summed E-state index contributed by atoms with van der Waals surface area (Å²) in [4.78, 5) is 9.87. The number of nitrogens with two attached hydrogens (primary N) is 2. The molecule has 0 spiro atoms. The molecular weight excluding hydrogens is 262 g/mol. The first-order chi connectivity index (χ1) is 9.49. The molecule has 0 heterocycles. The highest BCUT2D eigenvalue weighted by Crippen LogP contribution is 2.34. The molecule has 0 atom stereocenters. The molecule has 6 N–H and O–H groups in total. The van der Waals surface area contributed by atoms with E-state index in [-0.39, 0.29) is 18.1 Å². The van der Waals surface area contributed by atoms with Crippen molar-refractivity contribution >= 4 is 6.21 Å². The maximum atomic E-state index is 10.5. The van der Waals surface area contributed by atoms with E-state index in [0.717, 1.165) is 24.7 Å². The average molecular weight is 281 g/mol. The van der Waals surface area contributed by atoms with Crippen molar-refractivity contribution < 1.29 is 9.66 Å². The van der Waals surface area contributed by atoms with Crippen LogP contribution in [0.15, 0.2) is 35.1 Å². The predicted octanol–water partition coefficient (Wildman–Crippen LogP) is 0.413. The molecule has 0 radical (unpaired) electrons. The topological polar surface area (TPSA) is 140 Å². The van der Waals surface area contributed by atoms with Crippen molar-refractivity contribution in [1.82, 2.24) is 5.32 Å². The maximum Gasteiger partial charge on any atom is 0.302 e. The molecule has 1 aliphatic carbocycles. The molecule has 8 heteroatoms. The Kier molecular flexibility index (Phi) is 5.57. The summed E-state index contributed by atoms with van der Waals surface area (Å²) < 4.78 is 4.96. The third kappa shape index (κ3) is 4.63. The minimum Gasteiger partial charge on any atom is -0.482 e. The third-order valence-corrected chi connectivity index (χ3v) is 2.83. The van der Waals surface area contributed by atoms with E-state index in [1.54, 1.807) is 6.08 Å². The summed E-state index contributed by atoms with van der Waals surface area (Å²) in [6, 6.07) is 0. The fourth-order valence-electron chi connectivity index (χ4n) is 1.49. The highest BCUT2D eigenvalue weighted by molar-refractivity contribution is 5.71. The van der Waals surface area contributed by atoms with Gasteiger partial charge in [0.1, 0.15) is 0 Å². The summed E-state index contributed by atoms with van der Waals surface area (Å²) >= 11 is 0. The van der Waals surface area contributed by atoms with Gasteiger partial charge in [-0.15, -0.1) is 0 Å². The molecule has 110 valence electrons. The standard InChI is InChI=1S/C12H19N5O3/c1-20-12(15)9(4-11(14)8-2-3-8)6-16-7-10(5-13)17(18)19/h4-5,7-8,13,16H,2-3,6,14-15H2,1H3/b10-7+,11-4-,12-9-,13-5?. The second-order valence-corrected chi connectivity index (χ2v) is 4.36. The molecule has 1 saturated carbocycles. The molecule has 0 unspecified atom stereocenters. The highest BCUT2D eigenvalue weighted by Gasteiger charge is 2.24. The Morgan fingerprint density at radius 2 is 2.20 bits per heavy atom. The van der Waals surface area contributed by atoms with Crippen LogP contribution in [0.4, 0.5) is 0 Å². The van der Waals surface area contributed by atoms with Crippen LogP contribution < -0.4 is 16.8 Å². The number of nitrogens with one attached hydrogen (secondary N) is 2. The fourth-order valence-corrected chi connectivity index (χ4v) is 1.49. The molecule has 0 aromatic heterocycles. The number of hydrogen-bond acceptors (Lipinski definition) is 7. The van der Waals surface area contributed by atoms with Gasteiger partial charge in [0.05, 0.1) is 24.4 Å². The number of nitrogens with zero attached hydrogens (tertiary/aromatic N) is 1. The van der Waals surface area contributed by atoms with Gasteiger partial charge in [-0.05, 0) is 24.8 Å². The molecule has 1 rings (SSSR count). The van der Waals surface area contributed by atoms with Crippen LogP contribution in [0.5, 0.6) is 0 Å². The normalized spacial score (nSPS) is 17.2. The first kappa shape index (κ1) is 15.5.